The number of rotatable bonds is 5. The number of furan rings is 1. The van der Waals surface area contributed by atoms with E-state index in [9.17, 15) is 0 Å². The van der Waals surface area contributed by atoms with Gasteiger partial charge in [-0.1, -0.05) is 94.0 Å². The zero-order valence-electron chi connectivity index (χ0n) is 33.3. The molecule has 0 fully saturated rings. The van der Waals surface area contributed by atoms with E-state index in [1.165, 1.54) is 41.9 Å². The van der Waals surface area contributed by atoms with Crippen molar-refractivity contribution in [3.05, 3.63) is 132 Å². The molecule has 8 aromatic rings. The van der Waals surface area contributed by atoms with Gasteiger partial charge in [0.1, 0.15) is 11.9 Å². The summed E-state index contributed by atoms with van der Waals surface area (Å²) in [4.78, 5) is 13.4. The van der Waals surface area contributed by atoms with E-state index in [2.05, 4.69) is 88.8 Å². The van der Waals surface area contributed by atoms with Crippen LogP contribution in [0.3, 0.4) is 0 Å². The minimum absolute atomic E-state index is 0. The second-order valence-electron chi connectivity index (χ2n) is 12.1. The van der Waals surface area contributed by atoms with Gasteiger partial charge in [0, 0.05) is 45.6 Å². The Bertz CT molecular complexity index is 2510. The smallest absolute Gasteiger partial charge is 0.197 e. The molecule has 4 aromatic heterocycles. The molecule has 0 saturated heterocycles. The summed E-state index contributed by atoms with van der Waals surface area (Å²) in [6.07, 6.45) is 2.74. The fourth-order valence-electron chi connectivity index (χ4n) is 5.88. The van der Waals surface area contributed by atoms with E-state index in [1.807, 2.05) is 30.3 Å². The first-order chi connectivity index (χ1) is 25.7. The van der Waals surface area contributed by atoms with Gasteiger partial charge < -0.3 is 14.0 Å². The third kappa shape index (κ3) is 6.54. The summed E-state index contributed by atoms with van der Waals surface area (Å²) in [6, 6.07) is 32.4. The molecule has 49 heavy (non-hydrogen) atoms. The Labute approximate surface area is 308 Å². The van der Waals surface area contributed by atoms with Crippen LogP contribution in [0.25, 0.3) is 61.6 Å². The molecular formula is C41H36IrN6O-2. The predicted molar refractivity (Wildman–Crippen MR) is 192 cm³/mol. The first kappa shape index (κ1) is 26.9. The minimum Gasteiger partial charge on any atom is -0.501 e. The largest absolute Gasteiger partial charge is 0.501 e. The molecule has 1 radical (unpaired) electrons. The summed E-state index contributed by atoms with van der Waals surface area (Å²) in [5, 5.41) is 10.7. The van der Waals surface area contributed by atoms with E-state index < -0.39 is 13.7 Å². The van der Waals surface area contributed by atoms with Crippen LogP contribution in [0.4, 0.5) is 0 Å². The Hall–Kier alpha value is -5.04. The number of aromatic nitrogens is 6. The average molecular weight is 827 g/mol. The Kier molecular flexibility index (Phi) is 7.79. The molecule has 4 aromatic carbocycles. The summed E-state index contributed by atoms with van der Waals surface area (Å²) < 4.78 is 52.1. The van der Waals surface area contributed by atoms with Crippen molar-refractivity contribution in [2.45, 2.75) is 53.2 Å². The first-order valence-corrected chi connectivity index (χ1v) is 15.7. The number of hydrogen-bond donors (Lipinski definition) is 0. The third-order valence-electron chi connectivity index (χ3n) is 8.20. The molecule has 0 atom stereocenters. The summed E-state index contributed by atoms with van der Waals surface area (Å²) in [6.45, 7) is 4.49. The van der Waals surface area contributed by atoms with Gasteiger partial charge in [0.2, 0.25) is 0 Å². The van der Waals surface area contributed by atoms with Gasteiger partial charge in [-0.25, -0.2) is 4.98 Å². The number of fused-ring (bicyclic) bond motifs is 4. The fraction of sp³-hybridized carbons (Fsp3) is 0.195. The Morgan fingerprint density at radius 2 is 1.57 bits per heavy atom. The zero-order valence-corrected chi connectivity index (χ0v) is 29.7. The maximum atomic E-state index is 7.28. The van der Waals surface area contributed by atoms with E-state index in [1.54, 1.807) is 12.1 Å². The standard InChI is InChI=1S/C28H24N5O.C13H12N.Ir/c1-16(2)18-10-7-11-19(17(3)4)24(18)33-27(31-26-28(33)32-30-15-29-26)22-13-8-12-21-20-9-5-6-14-23(20)34-25(21)22;1-10-3-6-12(7-4-10)13-8-5-11(2)9-14-13;/h5-12,14-17H,1-4H3;3-6,8-9H,1-2H3;/q2*-1;/i;1D3,2D3;. The van der Waals surface area contributed by atoms with Gasteiger partial charge in [-0.05, 0) is 47.1 Å². The number of imidazole rings is 1. The quantitative estimate of drug-likeness (QED) is 0.161. The number of aryl methyl sites for hydroxylation is 2. The van der Waals surface area contributed by atoms with Crippen molar-refractivity contribution in [2.24, 2.45) is 0 Å². The maximum absolute atomic E-state index is 7.28. The van der Waals surface area contributed by atoms with Gasteiger partial charge in [-0.15, -0.1) is 63.8 Å². The van der Waals surface area contributed by atoms with E-state index in [0.717, 1.165) is 33.2 Å². The molecule has 0 aliphatic heterocycles. The summed E-state index contributed by atoms with van der Waals surface area (Å²) in [5.74, 6) is 1.30. The average Bonchev–Trinajstić information content (AvgIpc) is 3.73. The Balaban J connectivity index is 0.000000211. The van der Waals surface area contributed by atoms with Crippen molar-refractivity contribution in [1.82, 2.24) is 29.7 Å². The zero-order chi connectivity index (χ0) is 38.4. The number of para-hydroxylation sites is 2. The second-order valence-corrected chi connectivity index (χ2v) is 12.1. The molecule has 8 rings (SSSR count). The number of benzene rings is 4. The minimum atomic E-state index is -2.18. The summed E-state index contributed by atoms with van der Waals surface area (Å²) >= 11 is 0. The van der Waals surface area contributed by atoms with Crippen molar-refractivity contribution in [2.75, 3.05) is 0 Å². The molecule has 4 heterocycles. The Morgan fingerprint density at radius 1 is 0.796 bits per heavy atom. The van der Waals surface area contributed by atoms with Crippen LogP contribution in [0.15, 0.2) is 102 Å². The van der Waals surface area contributed by atoms with Crippen LogP contribution in [-0.2, 0) is 20.1 Å². The number of hydrogen-bond acceptors (Lipinski definition) is 6. The van der Waals surface area contributed by atoms with E-state index >= 15 is 0 Å². The van der Waals surface area contributed by atoms with Gasteiger partial charge >= 0.3 is 0 Å². The first-order valence-electron chi connectivity index (χ1n) is 18.7. The van der Waals surface area contributed by atoms with Crippen LogP contribution in [0.2, 0.25) is 0 Å². The Morgan fingerprint density at radius 3 is 2.27 bits per heavy atom. The molecule has 0 amide bonds. The van der Waals surface area contributed by atoms with Crippen molar-refractivity contribution < 1.29 is 32.7 Å². The normalized spacial score (nSPS) is 13.6. The molecule has 247 valence electrons. The van der Waals surface area contributed by atoms with Crippen LogP contribution in [0, 0.1) is 25.8 Å². The molecule has 0 aliphatic rings. The van der Waals surface area contributed by atoms with Crippen LogP contribution >= 0.6 is 0 Å². The van der Waals surface area contributed by atoms with E-state index in [-0.39, 0.29) is 31.2 Å². The molecule has 0 N–H and O–H groups in total. The third-order valence-corrected chi connectivity index (χ3v) is 8.20. The van der Waals surface area contributed by atoms with Crippen LogP contribution in [0.5, 0.6) is 0 Å². The monoisotopic (exact) mass is 827 g/mol. The van der Waals surface area contributed by atoms with Crippen molar-refractivity contribution in [3.63, 3.8) is 0 Å². The van der Waals surface area contributed by atoms with Crippen molar-refractivity contribution in [3.8, 4) is 28.3 Å². The number of nitrogens with zero attached hydrogens (tertiary/aromatic N) is 6. The van der Waals surface area contributed by atoms with Crippen LogP contribution in [0.1, 0.15) is 70.0 Å². The van der Waals surface area contributed by atoms with Crippen LogP contribution < -0.4 is 0 Å². The molecule has 0 saturated carbocycles. The molecule has 7 nitrogen and oxygen atoms in total. The topological polar surface area (TPSA) is 82.5 Å². The second kappa shape index (κ2) is 14.2. The predicted octanol–water partition coefficient (Wildman–Crippen LogP) is 9.99. The van der Waals surface area contributed by atoms with Gasteiger partial charge in [0.15, 0.2) is 11.3 Å². The molecular weight excluding hydrogens is 785 g/mol. The molecule has 0 bridgehead atoms. The van der Waals surface area contributed by atoms with Gasteiger partial charge in [-0.3, -0.25) is 4.98 Å². The van der Waals surface area contributed by atoms with Crippen LogP contribution in [-0.4, -0.2) is 29.7 Å². The van der Waals surface area contributed by atoms with Gasteiger partial charge in [0.05, 0.1) is 11.4 Å². The van der Waals surface area contributed by atoms with E-state index in [4.69, 9.17) is 17.6 Å². The molecule has 0 aliphatic carbocycles. The number of pyridine rings is 1. The SMILES string of the molecule is CC(C)c1cccc(C(C)C)c1-n1c(-c2[c-]ccc3c2oc2ccccc23)nc2ncnnc21.[2H]C([2H])([2H])c1c[c-]c(-c2ccc(C([2H])([2H])[2H])cn2)cc1.[Ir]. The summed E-state index contributed by atoms with van der Waals surface area (Å²) in [5.41, 5.74) is 8.59. The van der Waals surface area contributed by atoms with E-state index in [0.29, 0.717) is 40.2 Å². The fourth-order valence-corrected chi connectivity index (χ4v) is 5.88. The van der Waals surface area contributed by atoms with Crippen molar-refractivity contribution in [1.29, 1.82) is 0 Å². The van der Waals surface area contributed by atoms with Gasteiger partial charge in [-0.2, -0.15) is 0 Å². The molecule has 0 unspecified atom stereocenters. The van der Waals surface area contributed by atoms with Crippen molar-refractivity contribution >= 4 is 33.2 Å². The maximum Gasteiger partial charge on any atom is 0.197 e. The molecule has 0 spiro atoms. The van der Waals surface area contributed by atoms with Gasteiger partial charge in [0.25, 0.3) is 0 Å². The molecule has 8 heteroatoms. The summed E-state index contributed by atoms with van der Waals surface area (Å²) in [7, 11) is 0.